The molecule has 0 saturated carbocycles. The molecule has 1 amide bonds. The van der Waals surface area contributed by atoms with Crippen LogP contribution in [-0.2, 0) is 20.2 Å². The fourth-order valence-corrected chi connectivity index (χ4v) is 3.10. The molecule has 1 aromatic heterocycles. The Morgan fingerprint density at radius 2 is 1.85 bits per heavy atom. The fourth-order valence-electron chi connectivity index (χ4n) is 2.41. The van der Waals surface area contributed by atoms with E-state index in [2.05, 4.69) is 10.4 Å². The molecule has 3 aromatic rings. The highest BCUT2D eigenvalue weighted by Gasteiger charge is 2.10. The molecule has 140 valence electrons. The first-order valence-electron chi connectivity index (χ1n) is 8.05. The van der Waals surface area contributed by atoms with Crippen molar-refractivity contribution in [1.29, 1.82) is 0 Å². The number of carbonyl (C=O) groups excluding carboxylic acids is 1. The van der Waals surface area contributed by atoms with Crippen LogP contribution in [0.3, 0.4) is 0 Å². The van der Waals surface area contributed by atoms with Crippen LogP contribution in [0.5, 0.6) is 5.75 Å². The van der Waals surface area contributed by atoms with Crippen LogP contribution in [0.15, 0.2) is 48.7 Å². The van der Waals surface area contributed by atoms with Gasteiger partial charge in [0.15, 0.2) is 0 Å². The molecule has 0 atom stereocenters. The van der Waals surface area contributed by atoms with Gasteiger partial charge in [-0.3, -0.25) is 9.48 Å². The monoisotopic (exact) mass is 423 g/mol. The number of ether oxygens (including phenoxy) is 1. The first-order valence-corrected chi connectivity index (χ1v) is 9.19. The molecule has 0 spiro atoms. The number of nitrogens with zero attached hydrogens (tertiary/aromatic N) is 2. The third-order valence-electron chi connectivity index (χ3n) is 3.93. The summed E-state index contributed by atoms with van der Waals surface area (Å²) >= 11 is 18.0. The van der Waals surface area contributed by atoms with Crippen molar-refractivity contribution in [2.75, 3.05) is 0 Å². The van der Waals surface area contributed by atoms with Crippen molar-refractivity contribution in [3.63, 3.8) is 0 Å². The van der Waals surface area contributed by atoms with Crippen LogP contribution in [0.1, 0.15) is 21.6 Å². The predicted molar refractivity (Wildman–Crippen MR) is 107 cm³/mol. The number of aromatic nitrogens is 2. The Hall–Kier alpha value is -2.21. The van der Waals surface area contributed by atoms with Gasteiger partial charge in [-0.1, -0.05) is 46.9 Å². The summed E-state index contributed by atoms with van der Waals surface area (Å²) in [6.07, 6.45) is 1.55. The van der Waals surface area contributed by atoms with Crippen molar-refractivity contribution < 1.29 is 9.53 Å². The summed E-state index contributed by atoms with van der Waals surface area (Å²) in [5.74, 6) is 0.358. The van der Waals surface area contributed by atoms with Crippen molar-refractivity contribution in [1.82, 2.24) is 15.1 Å². The molecule has 0 aliphatic rings. The first-order chi connectivity index (χ1) is 12.9. The maximum Gasteiger partial charge on any atom is 0.251 e. The quantitative estimate of drug-likeness (QED) is 0.613. The highest BCUT2D eigenvalue weighted by Crippen LogP contribution is 2.28. The molecule has 0 bridgehead atoms. The molecular formula is C19H16Cl3N3O2. The second-order valence-electron chi connectivity index (χ2n) is 5.81. The fraction of sp³-hybridized carbons (Fsp3) is 0.158. The van der Waals surface area contributed by atoms with E-state index in [0.29, 0.717) is 39.5 Å². The molecule has 0 aliphatic carbocycles. The molecule has 8 heteroatoms. The normalized spacial score (nSPS) is 10.7. The Balaban J connectivity index is 1.57. The number of benzene rings is 2. The molecule has 3 rings (SSSR count). The van der Waals surface area contributed by atoms with E-state index in [9.17, 15) is 4.79 Å². The van der Waals surface area contributed by atoms with E-state index < -0.39 is 0 Å². The summed E-state index contributed by atoms with van der Waals surface area (Å²) in [4.78, 5) is 12.3. The van der Waals surface area contributed by atoms with Crippen molar-refractivity contribution in [2.24, 2.45) is 7.05 Å². The zero-order valence-electron chi connectivity index (χ0n) is 14.4. The van der Waals surface area contributed by atoms with E-state index in [1.54, 1.807) is 48.3 Å². The smallest absolute Gasteiger partial charge is 0.251 e. The second kappa shape index (κ2) is 8.65. The minimum atomic E-state index is -0.194. The van der Waals surface area contributed by atoms with E-state index in [1.165, 1.54) is 0 Å². The number of rotatable bonds is 6. The zero-order valence-corrected chi connectivity index (χ0v) is 16.6. The van der Waals surface area contributed by atoms with Crippen molar-refractivity contribution >= 4 is 40.7 Å². The summed E-state index contributed by atoms with van der Waals surface area (Å²) in [6, 6.07) is 12.2. The number of amides is 1. The lowest BCUT2D eigenvalue weighted by atomic mass is 10.1. The molecule has 1 N–H and O–H groups in total. The Labute approximate surface area is 171 Å². The van der Waals surface area contributed by atoms with Crippen LogP contribution >= 0.6 is 34.8 Å². The van der Waals surface area contributed by atoms with Gasteiger partial charge in [0.05, 0.1) is 28.5 Å². The van der Waals surface area contributed by atoms with Crippen LogP contribution < -0.4 is 10.1 Å². The maximum atomic E-state index is 12.3. The largest absolute Gasteiger partial charge is 0.487 e. The minimum Gasteiger partial charge on any atom is -0.487 e. The molecule has 1 heterocycles. The van der Waals surface area contributed by atoms with E-state index in [1.807, 2.05) is 12.1 Å². The van der Waals surface area contributed by atoms with Gasteiger partial charge in [0.1, 0.15) is 12.4 Å². The summed E-state index contributed by atoms with van der Waals surface area (Å²) < 4.78 is 7.32. The summed E-state index contributed by atoms with van der Waals surface area (Å²) in [7, 11) is 1.77. The SMILES string of the molecule is Cn1ncc(Cl)c1CNC(=O)c1ccc(COc2ccc(Cl)cc2Cl)cc1. The summed E-state index contributed by atoms with van der Waals surface area (Å²) in [5, 5.41) is 8.39. The molecule has 27 heavy (non-hydrogen) atoms. The molecule has 2 aromatic carbocycles. The second-order valence-corrected chi connectivity index (χ2v) is 7.06. The molecule has 0 radical (unpaired) electrons. The molecule has 0 saturated heterocycles. The third-order valence-corrected chi connectivity index (χ3v) is 4.78. The highest BCUT2D eigenvalue weighted by atomic mass is 35.5. The molecule has 5 nitrogen and oxygen atoms in total. The lowest BCUT2D eigenvalue weighted by Gasteiger charge is -2.09. The highest BCUT2D eigenvalue weighted by molar-refractivity contribution is 6.35. The van der Waals surface area contributed by atoms with Gasteiger partial charge in [0.25, 0.3) is 5.91 Å². The van der Waals surface area contributed by atoms with Crippen molar-refractivity contribution in [3.8, 4) is 5.75 Å². The predicted octanol–water partition coefficient (Wildman–Crippen LogP) is 4.89. The molecule has 0 fully saturated rings. The van der Waals surface area contributed by atoms with Gasteiger partial charge >= 0.3 is 0 Å². The average Bonchev–Trinajstić information content (AvgIpc) is 2.97. The van der Waals surface area contributed by atoms with Gasteiger partial charge in [0, 0.05) is 17.6 Å². The Morgan fingerprint density at radius 3 is 2.48 bits per heavy atom. The number of nitrogens with one attached hydrogen (secondary N) is 1. The van der Waals surface area contributed by atoms with Gasteiger partial charge in [-0.25, -0.2) is 0 Å². The van der Waals surface area contributed by atoms with Gasteiger partial charge in [-0.15, -0.1) is 0 Å². The number of hydrogen-bond acceptors (Lipinski definition) is 3. The Kier molecular flexibility index (Phi) is 6.26. The van der Waals surface area contributed by atoms with Crippen LogP contribution in [0.2, 0.25) is 15.1 Å². The van der Waals surface area contributed by atoms with Crippen molar-refractivity contribution in [2.45, 2.75) is 13.2 Å². The zero-order chi connectivity index (χ0) is 19.4. The van der Waals surface area contributed by atoms with Crippen molar-refractivity contribution in [3.05, 3.63) is 80.6 Å². The van der Waals surface area contributed by atoms with E-state index in [4.69, 9.17) is 39.5 Å². The number of aryl methyl sites for hydroxylation is 1. The van der Waals surface area contributed by atoms with Crippen LogP contribution in [0.25, 0.3) is 0 Å². The summed E-state index contributed by atoms with van der Waals surface area (Å²) in [6.45, 7) is 0.627. The van der Waals surface area contributed by atoms with Gasteiger partial charge in [-0.05, 0) is 35.9 Å². The van der Waals surface area contributed by atoms with E-state index in [-0.39, 0.29) is 5.91 Å². The van der Waals surface area contributed by atoms with Crippen LogP contribution in [-0.4, -0.2) is 15.7 Å². The van der Waals surface area contributed by atoms with E-state index >= 15 is 0 Å². The third kappa shape index (κ3) is 4.95. The Morgan fingerprint density at radius 1 is 1.11 bits per heavy atom. The minimum absolute atomic E-state index is 0.194. The van der Waals surface area contributed by atoms with Crippen LogP contribution in [0, 0.1) is 0 Å². The number of halogens is 3. The molecule has 0 aliphatic heterocycles. The van der Waals surface area contributed by atoms with Gasteiger partial charge in [-0.2, -0.15) is 5.10 Å². The molecule has 0 unspecified atom stereocenters. The number of hydrogen-bond donors (Lipinski definition) is 1. The number of carbonyl (C=O) groups is 1. The molecular weight excluding hydrogens is 409 g/mol. The van der Waals surface area contributed by atoms with Gasteiger partial charge < -0.3 is 10.1 Å². The average molecular weight is 425 g/mol. The topological polar surface area (TPSA) is 56.2 Å². The van der Waals surface area contributed by atoms with Crippen LogP contribution in [0.4, 0.5) is 0 Å². The maximum absolute atomic E-state index is 12.3. The van der Waals surface area contributed by atoms with E-state index in [0.717, 1.165) is 11.3 Å². The summed E-state index contributed by atoms with van der Waals surface area (Å²) in [5.41, 5.74) is 2.20. The lowest BCUT2D eigenvalue weighted by molar-refractivity contribution is 0.0950. The first kappa shape index (κ1) is 19.5. The Bertz CT molecular complexity index is 936. The lowest BCUT2D eigenvalue weighted by Crippen LogP contribution is -2.24. The standard InChI is InChI=1S/C19H16Cl3N3O2/c1-25-17(16(22)9-24-25)10-23-19(26)13-4-2-12(3-5-13)11-27-18-7-6-14(20)8-15(18)21/h2-9H,10-11H2,1H3,(H,23,26). The van der Waals surface area contributed by atoms with Gasteiger partial charge in [0.2, 0.25) is 0 Å².